The third kappa shape index (κ3) is 3.06. The van der Waals surface area contributed by atoms with Gasteiger partial charge in [0.1, 0.15) is 6.10 Å². The Hall–Kier alpha value is -1.84. The van der Waals surface area contributed by atoms with E-state index < -0.39 is 5.97 Å². The maximum Gasteiger partial charge on any atom is 0.307 e. The minimum Gasteiger partial charge on any atom is -0.481 e. The Balaban J connectivity index is 1.94. The molecule has 0 aliphatic carbocycles. The highest BCUT2D eigenvalue weighted by atomic mass is 16.5. The summed E-state index contributed by atoms with van der Waals surface area (Å²) in [4.78, 5) is 14.8. The summed E-state index contributed by atoms with van der Waals surface area (Å²) in [5.41, 5.74) is 2.36. The van der Waals surface area contributed by atoms with Gasteiger partial charge in [0.15, 0.2) is 5.90 Å². The zero-order valence-electron chi connectivity index (χ0n) is 9.72. The molecule has 0 bridgehead atoms. The molecule has 0 saturated carbocycles. The summed E-state index contributed by atoms with van der Waals surface area (Å²) in [6, 6.07) is 8.04. The third-order valence-corrected chi connectivity index (χ3v) is 2.78. The van der Waals surface area contributed by atoms with Crippen LogP contribution in [-0.2, 0) is 16.0 Å². The van der Waals surface area contributed by atoms with E-state index in [1.165, 1.54) is 11.1 Å². The first-order chi connectivity index (χ1) is 8.15. The summed E-state index contributed by atoms with van der Waals surface area (Å²) in [7, 11) is 0. The quantitative estimate of drug-likeness (QED) is 0.862. The molecule has 17 heavy (non-hydrogen) atoms. The lowest BCUT2D eigenvalue weighted by molar-refractivity contribution is -0.138. The summed E-state index contributed by atoms with van der Waals surface area (Å²) in [6.07, 6.45) is 0.357. The number of ether oxygens (including phenoxy) is 1. The molecular weight excluding hydrogens is 218 g/mol. The lowest BCUT2D eigenvalue weighted by Gasteiger charge is -2.09. The highest BCUT2D eigenvalue weighted by Gasteiger charge is 2.22. The number of nitrogens with zero attached hydrogens (tertiary/aromatic N) is 1. The van der Waals surface area contributed by atoms with E-state index in [2.05, 4.69) is 4.99 Å². The van der Waals surface area contributed by atoms with Gasteiger partial charge >= 0.3 is 5.97 Å². The molecule has 0 fully saturated rings. The van der Waals surface area contributed by atoms with Gasteiger partial charge in [-0.15, -0.1) is 0 Å². The van der Waals surface area contributed by atoms with Crippen LogP contribution in [0.2, 0.25) is 0 Å². The first kappa shape index (κ1) is 11.6. The molecule has 0 saturated heterocycles. The van der Waals surface area contributed by atoms with Gasteiger partial charge in [0, 0.05) is 6.42 Å². The average Bonchev–Trinajstić information content (AvgIpc) is 2.68. The summed E-state index contributed by atoms with van der Waals surface area (Å²) in [5.74, 6) is -0.201. The Labute approximate surface area is 99.9 Å². The van der Waals surface area contributed by atoms with Gasteiger partial charge in [-0.05, 0) is 18.1 Å². The second-order valence-corrected chi connectivity index (χ2v) is 4.18. The normalized spacial score (nSPS) is 18.6. The zero-order chi connectivity index (χ0) is 12.3. The number of rotatable bonds is 4. The predicted octanol–water partition coefficient (Wildman–Crippen LogP) is 1.81. The van der Waals surface area contributed by atoms with Crippen LogP contribution < -0.4 is 0 Å². The summed E-state index contributed by atoms with van der Waals surface area (Å²) >= 11 is 0. The highest BCUT2D eigenvalue weighted by molar-refractivity contribution is 5.81. The van der Waals surface area contributed by atoms with E-state index in [0.29, 0.717) is 18.9 Å². The number of carboxylic acids is 1. The number of aryl methyl sites for hydroxylation is 1. The van der Waals surface area contributed by atoms with Crippen molar-refractivity contribution in [2.45, 2.75) is 25.9 Å². The van der Waals surface area contributed by atoms with Crippen LogP contribution in [-0.4, -0.2) is 29.6 Å². The molecule has 1 heterocycles. The van der Waals surface area contributed by atoms with Gasteiger partial charge in [-0.25, -0.2) is 0 Å². The number of benzene rings is 1. The SMILES string of the molecule is Cc1ccccc1CC1=NCC(CC(=O)O)O1. The van der Waals surface area contributed by atoms with Crippen LogP contribution in [0.25, 0.3) is 0 Å². The van der Waals surface area contributed by atoms with Gasteiger partial charge < -0.3 is 9.84 Å². The van der Waals surface area contributed by atoms with Gasteiger partial charge in [0.05, 0.1) is 13.0 Å². The molecule has 0 amide bonds. The van der Waals surface area contributed by atoms with Crippen LogP contribution in [0, 0.1) is 6.92 Å². The average molecular weight is 233 g/mol. The van der Waals surface area contributed by atoms with Crippen molar-refractivity contribution in [1.82, 2.24) is 0 Å². The first-order valence-electron chi connectivity index (χ1n) is 5.61. The topological polar surface area (TPSA) is 58.9 Å². The Kier molecular flexibility index (Phi) is 3.42. The fraction of sp³-hybridized carbons (Fsp3) is 0.385. The van der Waals surface area contributed by atoms with Gasteiger partial charge in [0.2, 0.25) is 0 Å². The number of carbonyl (C=O) groups is 1. The molecule has 0 aromatic heterocycles. The molecule has 1 unspecified atom stereocenters. The number of aliphatic carboxylic acids is 1. The van der Waals surface area contributed by atoms with E-state index in [1.54, 1.807) is 0 Å². The predicted molar refractivity (Wildman–Crippen MR) is 64.3 cm³/mol. The Morgan fingerprint density at radius 3 is 3.00 bits per heavy atom. The van der Waals surface area contributed by atoms with Crippen molar-refractivity contribution in [2.24, 2.45) is 4.99 Å². The van der Waals surface area contributed by atoms with E-state index in [4.69, 9.17) is 9.84 Å². The minimum absolute atomic E-state index is 0.0147. The first-order valence-corrected chi connectivity index (χ1v) is 5.61. The number of aliphatic imine (C=N–C) groups is 1. The van der Waals surface area contributed by atoms with Crippen LogP contribution in [0.3, 0.4) is 0 Å². The van der Waals surface area contributed by atoms with Crippen molar-refractivity contribution < 1.29 is 14.6 Å². The van der Waals surface area contributed by atoms with E-state index in [-0.39, 0.29) is 12.5 Å². The smallest absolute Gasteiger partial charge is 0.307 e. The number of carboxylic acid groups (broad SMARTS) is 1. The van der Waals surface area contributed by atoms with Crippen molar-refractivity contribution in [2.75, 3.05) is 6.54 Å². The molecule has 1 atom stereocenters. The molecule has 90 valence electrons. The summed E-state index contributed by atoms with van der Waals surface area (Å²) in [5, 5.41) is 8.66. The molecule has 1 aromatic rings. The molecular formula is C13H15NO3. The van der Waals surface area contributed by atoms with Gasteiger partial charge in [0.25, 0.3) is 0 Å². The fourth-order valence-corrected chi connectivity index (χ4v) is 1.84. The van der Waals surface area contributed by atoms with Gasteiger partial charge in [-0.1, -0.05) is 24.3 Å². The number of hydrogen-bond acceptors (Lipinski definition) is 3. The fourth-order valence-electron chi connectivity index (χ4n) is 1.84. The van der Waals surface area contributed by atoms with Crippen molar-refractivity contribution >= 4 is 11.9 Å². The van der Waals surface area contributed by atoms with Gasteiger partial charge in [-0.3, -0.25) is 9.79 Å². The molecule has 1 aromatic carbocycles. The van der Waals surface area contributed by atoms with Crippen LogP contribution in [0.15, 0.2) is 29.3 Å². The standard InChI is InChI=1S/C13H15NO3/c1-9-4-2-3-5-10(9)6-12-14-8-11(17-12)7-13(15)16/h2-5,11H,6-8H2,1H3,(H,15,16). The molecule has 0 radical (unpaired) electrons. The summed E-state index contributed by atoms with van der Waals surface area (Å²) in [6.45, 7) is 2.49. The van der Waals surface area contributed by atoms with Crippen molar-refractivity contribution in [1.29, 1.82) is 0 Å². The lowest BCUT2D eigenvalue weighted by atomic mass is 10.1. The van der Waals surface area contributed by atoms with E-state index in [1.807, 2.05) is 31.2 Å². The van der Waals surface area contributed by atoms with Crippen LogP contribution in [0.4, 0.5) is 0 Å². The second-order valence-electron chi connectivity index (χ2n) is 4.18. The van der Waals surface area contributed by atoms with Crippen molar-refractivity contribution in [3.63, 3.8) is 0 Å². The molecule has 4 heteroatoms. The maximum absolute atomic E-state index is 10.5. The Morgan fingerprint density at radius 2 is 2.29 bits per heavy atom. The van der Waals surface area contributed by atoms with Crippen LogP contribution in [0.1, 0.15) is 17.5 Å². The van der Waals surface area contributed by atoms with E-state index >= 15 is 0 Å². The van der Waals surface area contributed by atoms with Gasteiger partial charge in [-0.2, -0.15) is 0 Å². The van der Waals surface area contributed by atoms with Crippen LogP contribution >= 0.6 is 0 Å². The van der Waals surface area contributed by atoms with Crippen molar-refractivity contribution in [3.05, 3.63) is 35.4 Å². The second kappa shape index (κ2) is 4.99. The maximum atomic E-state index is 10.5. The molecule has 1 aliphatic rings. The third-order valence-electron chi connectivity index (χ3n) is 2.78. The zero-order valence-corrected chi connectivity index (χ0v) is 9.72. The molecule has 0 spiro atoms. The minimum atomic E-state index is -0.845. The summed E-state index contributed by atoms with van der Waals surface area (Å²) < 4.78 is 5.50. The van der Waals surface area contributed by atoms with Crippen LogP contribution in [0.5, 0.6) is 0 Å². The Bertz CT molecular complexity index is 454. The highest BCUT2D eigenvalue weighted by Crippen LogP contribution is 2.14. The largest absolute Gasteiger partial charge is 0.481 e. The van der Waals surface area contributed by atoms with Crippen molar-refractivity contribution in [3.8, 4) is 0 Å². The Morgan fingerprint density at radius 1 is 1.53 bits per heavy atom. The van der Waals surface area contributed by atoms with E-state index in [0.717, 1.165) is 0 Å². The lowest BCUT2D eigenvalue weighted by Crippen LogP contribution is -2.18. The monoisotopic (exact) mass is 233 g/mol. The van der Waals surface area contributed by atoms with E-state index in [9.17, 15) is 4.79 Å². The molecule has 4 nitrogen and oxygen atoms in total. The molecule has 1 aliphatic heterocycles. The number of hydrogen-bond donors (Lipinski definition) is 1. The molecule has 2 rings (SSSR count). The molecule has 1 N–H and O–H groups in total.